The molecular weight excluding hydrogens is 430 g/mol. The Labute approximate surface area is 199 Å². The summed E-state index contributed by atoms with van der Waals surface area (Å²) in [5, 5.41) is 5.48. The maximum atomic E-state index is 12.5. The first-order chi connectivity index (χ1) is 16.6. The third kappa shape index (κ3) is 5.31. The SMILES string of the molecule is CCOc1ccc(C(=O)NCC(=O)Nc2ccc(N3CCc4ccccc43)cc2)cc1OCC. The minimum atomic E-state index is -0.359. The molecule has 4 rings (SSSR count). The van der Waals surface area contributed by atoms with Crippen molar-refractivity contribution in [2.24, 2.45) is 0 Å². The van der Waals surface area contributed by atoms with Crippen molar-refractivity contribution in [1.29, 1.82) is 0 Å². The summed E-state index contributed by atoms with van der Waals surface area (Å²) < 4.78 is 11.1. The van der Waals surface area contributed by atoms with Gasteiger partial charge in [-0.3, -0.25) is 9.59 Å². The maximum Gasteiger partial charge on any atom is 0.251 e. The van der Waals surface area contributed by atoms with E-state index in [1.165, 1.54) is 11.3 Å². The van der Waals surface area contributed by atoms with E-state index in [9.17, 15) is 9.59 Å². The molecule has 3 aromatic carbocycles. The Hall–Kier alpha value is -4.00. The molecule has 1 aliphatic rings. The fourth-order valence-corrected chi connectivity index (χ4v) is 3.99. The van der Waals surface area contributed by atoms with E-state index in [1.54, 1.807) is 18.2 Å². The van der Waals surface area contributed by atoms with Crippen LogP contribution in [0, 0.1) is 0 Å². The minimum absolute atomic E-state index is 0.142. The zero-order valence-corrected chi connectivity index (χ0v) is 19.5. The van der Waals surface area contributed by atoms with Crippen LogP contribution in [0.4, 0.5) is 17.1 Å². The smallest absolute Gasteiger partial charge is 0.251 e. The number of ether oxygens (including phenoxy) is 2. The van der Waals surface area contributed by atoms with E-state index in [-0.39, 0.29) is 18.4 Å². The standard InChI is InChI=1S/C27H29N3O4/c1-3-33-24-14-9-20(17-25(24)34-4-2)27(32)28-18-26(31)29-21-10-12-22(13-11-21)30-16-15-19-7-5-6-8-23(19)30/h5-14,17H,3-4,15-16,18H2,1-2H3,(H,28,32)(H,29,31). The first kappa shape index (κ1) is 23.2. The van der Waals surface area contributed by atoms with Crippen LogP contribution in [0.1, 0.15) is 29.8 Å². The van der Waals surface area contributed by atoms with Crippen LogP contribution in [0.5, 0.6) is 11.5 Å². The fourth-order valence-electron chi connectivity index (χ4n) is 3.99. The van der Waals surface area contributed by atoms with Crippen molar-refractivity contribution in [2.45, 2.75) is 20.3 Å². The van der Waals surface area contributed by atoms with Crippen LogP contribution in [0.15, 0.2) is 66.7 Å². The molecule has 3 aromatic rings. The van der Waals surface area contributed by atoms with Crippen LogP contribution in [0.2, 0.25) is 0 Å². The number of fused-ring (bicyclic) bond motifs is 1. The summed E-state index contributed by atoms with van der Waals surface area (Å²) in [4.78, 5) is 27.2. The van der Waals surface area contributed by atoms with Crippen molar-refractivity contribution in [3.05, 3.63) is 77.9 Å². The average Bonchev–Trinajstić information content (AvgIpc) is 3.29. The molecule has 0 atom stereocenters. The molecule has 0 unspecified atom stereocenters. The van der Waals surface area contributed by atoms with Gasteiger partial charge in [0.1, 0.15) is 0 Å². The molecule has 0 aromatic heterocycles. The molecule has 0 saturated carbocycles. The van der Waals surface area contributed by atoms with Crippen LogP contribution < -0.4 is 25.0 Å². The van der Waals surface area contributed by atoms with E-state index >= 15 is 0 Å². The summed E-state index contributed by atoms with van der Waals surface area (Å²) in [5.41, 5.74) is 4.72. The zero-order valence-electron chi connectivity index (χ0n) is 19.5. The van der Waals surface area contributed by atoms with E-state index in [4.69, 9.17) is 9.47 Å². The van der Waals surface area contributed by atoms with Gasteiger partial charge in [0.25, 0.3) is 5.91 Å². The molecule has 0 saturated heterocycles. The van der Waals surface area contributed by atoms with Crippen LogP contribution in [0.3, 0.4) is 0 Å². The second kappa shape index (κ2) is 10.7. The fraction of sp³-hybridized carbons (Fsp3) is 0.259. The van der Waals surface area contributed by atoms with Crippen LogP contribution >= 0.6 is 0 Å². The van der Waals surface area contributed by atoms with E-state index in [0.29, 0.717) is 36.0 Å². The van der Waals surface area contributed by atoms with Gasteiger partial charge in [-0.1, -0.05) is 18.2 Å². The van der Waals surface area contributed by atoms with Gasteiger partial charge in [-0.05, 0) is 74.4 Å². The van der Waals surface area contributed by atoms with E-state index < -0.39 is 0 Å². The summed E-state index contributed by atoms with van der Waals surface area (Å²) >= 11 is 0. The average molecular weight is 460 g/mol. The predicted octanol–water partition coefficient (Wildman–Crippen LogP) is 4.55. The van der Waals surface area contributed by atoms with Gasteiger partial charge < -0.3 is 25.0 Å². The number of para-hydroxylation sites is 1. The molecule has 7 heteroatoms. The highest BCUT2D eigenvalue weighted by molar-refractivity contribution is 5.99. The molecule has 1 heterocycles. The molecule has 0 spiro atoms. The molecule has 2 N–H and O–H groups in total. The van der Waals surface area contributed by atoms with Gasteiger partial charge in [0, 0.05) is 29.2 Å². The largest absolute Gasteiger partial charge is 0.490 e. The Morgan fingerprint density at radius 1 is 0.912 bits per heavy atom. The molecule has 0 bridgehead atoms. The summed E-state index contributed by atoms with van der Waals surface area (Å²) in [6, 6.07) is 21.1. The number of nitrogens with zero attached hydrogens (tertiary/aromatic N) is 1. The second-order valence-corrected chi connectivity index (χ2v) is 7.84. The van der Waals surface area contributed by atoms with Gasteiger partial charge in [0.05, 0.1) is 19.8 Å². The number of nitrogens with one attached hydrogen (secondary N) is 2. The number of anilines is 3. The van der Waals surface area contributed by atoms with Crippen LogP contribution in [-0.2, 0) is 11.2 Å². The van der Waals surface area contributed by atoms with Gasteiger partial charge in [-0.15, -0.1) is 0 Å². The lowest BCUT2D eigenvalue weighted by molar-refractivity contribution is -0.115. The van der Waals surface area contributed by atoms with Crippen LogP contribution in [-0.4, -0.2) is 38.1 Å². The minimum Gasteiger partial charge on any atom is -0.490 e. The molecule has 0 fully saturated rings. The Kier molecular flexibility index (Phi) is 7.32. The summed E-state index contributed by atoms with van der Waals surface area (Å²) in [7, 11) is 0. The lowest BCUT2D eigenvalue weighted by atomic mass is 10.2. The first-order valence-corrected chi connectivity index (χ1v) is 11.5. The summed E-state index contributed by atoms with van der Waals surface area (Å²) in [5.74, 6) is 0.424. The van der Waals surface area contributed by atoms with Crippen molar-refractivity contribution in [3.8, 4) is 11.5 Å². The Balaban J connectivity index is 1.32. The monoisotopic (exact) mass is 459 g/mol. The third-order valence-electron chi connectivity index (χ3n) is 5.56. The number of hydrogen-bond donors (Lipinski definition) is 2. The summed E-state index contributed by atoms with van der Waals surface area (Å²) in [6.07, 6.45) is 1.02. The lowest BCUT2D eigenvalue weighted by Crippen LogP contribution is -2.32. The normalized spacial score (nSPS) is 12.1. The number of carbonyl (C=O) groups excluding carboxylic acids is 2. The maximum absolute atomic E-state index is 12.5. The molecule has 1 aliphatic heterocycles. The van der Waals surface area contributed by atoms with Gasteiger partial charge >= 0.3 is 0 Å². The molecule has 0 aliphatic carbocycles. The quantitative estimate of drug-likeness (QED) is 0.491. The highest BCUT2D eigenvalue weighted by Gasteiger charge is 2.19. The van der Waals surface area contributed by atoms with Crippen molar-refractivity contribution >= 4 is 28.9 Å². The molecule has 0 radical (unpaired) electrons. The molecular formula is C27H29N3O4. The lowest BCUT2D eigenvalue weighted by Gasteiger charge is -2.20. The van der Waals surface area contributed by atoms with Crippen molar-refractivity contribution in [2.75, 3.05) is 36.5 Å². The topological polar surface area (TPSA) is 79.9 Å². The van der Waals surface area contributed by atoms with Crippen LogP contribution in [0.25, 0.3) is 0 Å². The molecule has 176 valence electrons. The molecule has 34 heavy (non-hydrogen) atoms. The number of hydrogen-bond acceptors (Lipinski definition) is 5. The Morgan fingerprint density at radius 2 is 1.65 bits per heavy atom. The Morgan fingerprint density at radius 3 is 2.41 bits per heavy atom. The molecule has 2 amide bonds. The van der Waals surface area contributed by atoms with Crippen molar-refractivity contribution < 1.29 is 19.1 Å². The zero-order chi connectivity index (χ0) is 23.9. The highest BCUT2D eigenvalue weighted by Crippen LogP contribution is 2.34. The van der Waals surface area contributed by atoms with Gasteiger partial charge in [0.15, 0.2) is 11.5 Å². The Bertz CT molecular complexity index is 1160. The predicted molar refractivity (Wildman–Crippen MR) is 133 cm³/mol. The highest BCUT2D eigenvalue weighted by atomic mass is 16.5. The van der Waals surface area contributed by atoms with E-state index in [2.05, 4.69) is 33.7 Å². The van der Waals surface area contributed by atoms with Crippen molar-refractivity contribution in [3.63, 3.8) is 0 Å². The summed E-state index contributed by atoms with van der Waals surface area (Å²) in [6.45, 7) is 5.50. The first-order valence-electron chi connectivity index (χ1n) is 11.5. The van der Waals surface area contributed by atoms with Gasteiger partial charge in [-0.2, -0.15) is 0 Å². The number of benzene rings is 3. The second-order valence-electron chi connectivity index (χ2n) is 7.84. The van der Waals surface area contributed by atoms with Gasteiger partial charge in [-0.25, -0.2) is 0 Å². The number of carbonyl (C=O) groups is 2. The van der Waals surface area contributed by atoms with Crippen molar-refractivity contribution in [1.82, 2.24) is 5.32 Å². The van der Waals surface area contributed by atoms with E-state index in [0.717, 1.165) is 18.7 Å². The third-order valence-corrected chi connectivity index (χ3v) is 5.56. The number of amides is 2. The number of rotatable bonds is 9. The molecule has 7 nitrogen and oxygen atoms in total. The van der Waals surface area contributed by atoms with Gasteiger partial charge in [0.2, 0.25) is 5.91 Å². The van der Waals surface area contributed by atoms with E-state index in [1.807, 2.05) is 44.2 Å².